The molecule has 0 amide bonds. The van der Waals surface area contributed by atoms with Gasteiger partial charge in [0.2, 0.25) is 0 Å². The molecule has 0 bridgehead atoms. The second-order valence-corrected chi connectivity index (χ2v) is 15.9. The topological polar surface area (TPSA) is 152 Å². The molecule has 1 rings (SSSR count). The smallest absolute Gasteiger partial charge is 0.306 e. The maximum atomic E-state index is 12.8. The lowest BCUT2D eigenvalue weighted by molar-refractivity contribution is -0.305. The number of ether oxygens (including phenoxy) is 4. The molecule has 0 aromatic heterocycles. The van der Waals surface area contributed by atoms with Crippen molar-refractivity contribution < 1.29 is 49.0 Å². The molecule has 1 saturated heterocycles. The Balaban J connectivity index is 2.31. The fraction of sp³-hybridized carbons (Fsp3) is 0.911. The Morgan fingerprint density at radius 2 is 0.982 bits per heavy atom. The molecule has 324 valence electrons. The summed E-state index contributed by atoms with van der Waals surface area (Å²) < 4.78 is 22.2. The Kier molecular flexibility index (Phi) is 34.4. The molecule has 0 aromatic carbocycles. The van der Waals surface area contributed by atoms with Crippen LogP contribution in [0.3, 0.4) is 0 Å². The van der Waals surface area contributed by atoms with E-state index in [1.165, 1.54) is 135 Å². The summed E-state index contributed by atoms with van der Waals surface area (Å²) in [6.07, 6.45) is 30.7. The van der Waals surface area contributed by atoms with Crippen molar-refractivity contribution in [1.82, 2.24) is 0 Å². The van der Waals surface area contributed by atoms with E-state index in [4.69, 9.17) is 18.9 Å². The van der Waals surface area contributed by atoms with E-state index >= 15 is 0 Å². The maximum Gasteiger partial charge on any atom is 0.306 e. The highest BCUT2D eigenvalue weighted by molar-refractivity contribution is 5.70. The second kappa shape index (κ2) is 36.8. The number of aliphatic hydroxyl groups excluding tert-OH is 4. The van der Waals surface area contributed by atoms with Crippen molar-refractivity contribution in [3.8, 4) is 0 Å². The molecule has 0 radical (unpaired) electrons. The van der Waals surface area contributed by atoms with Gasteiger partial charge in [-0.3, -0.25) is 9.59 Å². The lowest BCUT2D eigenvalue weighted by Gasteiger charge is -2.39. The molecule has 0 aromatic rings. The fourth-order valence-corrected chi connectivity index (χ4v) is 6.99. The first-order valence-electron chi connectivity index (χ1n) is 22.8. The molecule has 55 heavy (non-hydrogen) atoms. The first kappa shape index (κ1) is 51.5. The molecular formula is C45H84O10. The SMILES string of the molecule is CCCC/C=C/CCCCCCCCCCCC(=O)OC[C@@H](CO[C@H]1O[C@@H](CO)[C@@H](O)C(O)C1O)OC(=O)CCCCCCCCCCCCCCCCC. The van der Waals surface area contributed by atoms with Crippen LogP contribution in [0.15, 0.2) is 12.2 Å². The number of rotatable bonds is 38. The summed E-state index contributed by atoms with van der Waals surface area (Å²) in [5, 5.41) is 40.1. The van der Waals surface area contributed by atoms with Crippen LogP contribution in [0.5, 0.6) is 0 Å². The third-order valence-corrected chi connectivity index (χ3v) is 10.7. The number of hydrogen-bond donors (Lipinski definition) is 4. The maximum absolute atomic E-state index is 12.8. The summed E-state index contributed by atoms with van der Waals surface area (Å²) in [4.78, 5) is 25.3. The van der Waals surface area contributed by atoms with Gasteiger partial charge >= 0.3 is 11.9 Å². The van der Waals surface area contributed by atoms with Gasteiger partial charge in [0.1, 0.15) is 31.0 Å². The van der Waals surface area contributed by atoms with E-state index < -0.39 is 49.4 Å². The number of allylic oxidation sites excluding steroid dienone is 2. The van der Waals surface area contributed by atoms with Crippen LogP contribution in [0.4, 0.5) is 0 Å². The Bertz CT molecular complexity index is 912. The molecule has 0 saturated carbocycles. The molecule has 1 aliphatic heterocycles. The number of carbonyl (C=O) groups is 2. The largest absolute Gasteiger partial charge is 0.462 e. The van der Waals surface area contributed by atoms with E-state index in [2.05, 4.69) is 26.0 Å². The van der Waals surface area contributed by atoms with Gasteiger partial charge < -0.3 is 39.4 Å². The van der Waals surface area contributed by atoms with Crippen molar-refractivity contribution in [2.75, 3.05) is 19.8 Å². The van der Waals surface area contributed by atoms with E-state index in [1.54, 1.807) is 0 Å². The predicted molar refractivity (Wildman–Crippen MR) is 220 cm³/mol. The highest BCUT2D eigenvalue weighted by Gasteiger charge is 2.44. The molecule has 1 heterocycles. The van der Waals surface area contributed by atoms with Crippen molar-refractivity contribution in [2.24, 2.45) is 0 Å². The number of hydrogen-bond acceptors (Lipinski definition) is 10. The molecule has 0 aliphatic carbocycles. The Morgan fingerprint density at radius 1 is 0.545 bits per heavy atom. The van der Waals surface area contributed by atoms with Crippen LogP contribution in [-0.2, 0) is 28.5 Å². The van der Waals surface area contributed by atoms with Crippen LogP contribution < -0.4 is 0 Å². The summed E-state index contributed by atoms with van der Waals surface area (Å²) in [5.41, 5.74) is 0. The molecule has 10 heteroatoms. The van der Waals surface area contributed by atoms with Gasteiger partial charge in [-0.05, 0) is 32.1 Å². The minimum atomic E-state index is -1.59. The van der Waals surface area contributed by atoms with Gasteiger partial charge in [-0.1, -0.05) is 174 Å². The third kappa shape index (κ3) is 28.5. The van der Waals surface area contributed by atoms with Crippen molar-refractivity contribution in [1.29, 1.82) is 0 Å². The van der Waals surface area contributed by atoms with Crippen molar-refractivity contribution >= 4 is 11.9 Å². The molecule has 1 fully saturated rings. The van der Waals surface area contributed by atoms with Gasteiger partial charge in [0.05, 0.1) is 13.2 Å². The second-order valence-electron chi connectivity index (χ2n) is 15.9. The summed E-state index contributed by atoms with van der Waals surface area (Å²) in [6, 6.07) is 0. The summed E-state index contributed by atoms with van der Waals surface area (Å²) in [5.74, 6) is -0.799. The Labute approximate surface area is 335 Å². The van der Waals surface area contributed by atoms with Crippen molar-refractivity contribution in [3.05, 3.63) is 12.2 Å². The van der Waals surface area contributed by atoms with Gasteiger partial charge in [0, 0.05) is 12.8 Å². The highest BCUT2D eigenvalue weighted by Crippen LogP contribution is 2.23. The highest BCUT2D eigenvalue weighted by atomic mass is 16.7. The number of esters is 2. The van der Waals surface area contributed by atoms with Crippen molar-refractivity contribution in [2.45, 2.75) is 243 Å². The molecule has 2 unspecified atom stereocenters. The minimum Gasteiger partial charge on any atom is -0.462 e. The van der Waals surface area contributed by atoms with Gasteiger partial charge in [0.25, 0.3) is 0 Å². The van der Waals surface area contributed by atoms with E-state index in [0.29, 0.717) is 6.42 Å². The molecule has 0 spiro atoms. The molecule has 4 N–H and O–H groups in total. The number of carbonyl (C=O) groups excluding carboxylic acids is 2. The standard InChI is InChI=1S/C45H84O10/c1-3-5-7-9-11-13-15-17-19-21-23-25-27-29-31-33-40(47)52-36-38(37-53-45-44(51)43(50)42(49)39(35-46)55-45)54-41(48)34-32-30-28-26-24-22-20-18-16-14-12-10-8-6-4-2/h9,11,38-39,42-46,49-51H,3-8,10,12-37H2,1-2H3/b11-9+/t38-,39-,42+,43?,44?,45-/m0/s1. The summed E-state index contributed by atoms with van der Waals surface area (Å²) in [7, 11) is 0. The molecule has 6 atom stereocenters. The van der Waals surface area contributed by atoms with E-state index in [-0.39, 0.29) is 32.0 Å². The summed E-state index contributed by atoms with van der Waals surface area (Å²) >= 11 is 0. The van der Waals surface area contributed by atoms with Crippen LogP contribution in [-0.4, -0.2) is 89.0 Å². The number of aliphatic hydroxyl groups is 4. The lowest BCUT2D eigenvalue weighted by Crippen LogP contribution is -2.59. The minimum absolute atomic E-state index is 0.213. The zero-order valence-corrected chi connectivity index (χ0v) is 35.2. The molecular weight excluding hydrogens is 700 g/mol. The zero-order chi connectivity index (χ0) is 40.2. The van der Waals surface area contributed by atoms with E-state index in [0.717, 1.165) is 38.5 Å². The fourth-order valence-electron chi connectivity index (χ4n) is 6.99. The average Bonchev–Trinajstić information content (AvgIpc) is 3.18. The van der Waals surface area contributed by atoms with Gasteiger partial charge in [-0.2, -0.15) is 0 Å². The molecule has 1 aliphatic rings. The average molecular weight is 785 g/mol. The van der Waals surface area contributed by atoms with Crippen LogP contribution in [0.25, 0.3) is 0 Å². The van der Waals surface area contributed by atoms with Crippen molar-refractivity contribution in [3.63, 3.8) is 0 Å². The van der Waals surface area contributed by atoms with Crippen LogP contribution >= 0.6 is 0 Å². The normalized spacial score (nSPS) is 20.6. The molecule has 10 nitrogen and oxygen atoms in total. The van der Waals surface area contributed by atoms with E-state index in [9.17, 15) is 30.0 Å². The monoisotopic (exact) mass is 785 g/mol. The Morgan fingerprint density at radius 3 is 1.47 bits per heavy atom. The Hall–Kier alpha value is -1.56. The third-order valence-electron chi connectivity index (χ3n) is 10.7. The predicted octanol–water partition coefficient (Wildman–Crippen LogP) is 9.56. The first-order valence-corrected chi connectivity index (χ1v) is 22.8. The lowest BCUT2D eigenvalue weighted by atomic mass is 9.99. The summed E-state index contributed by atoms with van der Waals surface area (Å²) in [6.45, 7) is 3.41. The van der Waals surface area contributed by atoms with Crippen LogP contribution in [0.1, 0.15) is 206 Å². The van der Waals surface area contributed by atoms with Crippen LogP contribution in [0, 0.1) is 0 Å². The van der Waals surface area contributed by atoms with E-state index in [1.807, 2.05) is 0 Å². The quantitative estimate of drug-likeness (QED) is 0.0271. The van der Waals surface area contributed by atoms with Crippen LogP contribution in [0.2, 0.25) is 0 Å². The van der Waals surface area contributed by atoms with Gasteiger partial charge in [-0.15, -0.1) is 0 Å². The first-order chi connectivity index (χ1) is 26.8. The van der Waals surface area contributed by atoms with Gasteiger partial charge in [0.15, 0.2) is 12.4 Å². The van der Waals surface area contributed by atoms with Gasteiger partial charge in [-0.25, -0.2) is 0 Å². The number of unbranched alkanes of at least 4 members (excludes halogenated alkanes) is 25. The zero-order valence-electron chi connectivity index (χ0n) is 35.2.